The number of aromatic nitrogens is 3. The van der Waals surface area contributed by atoms with Crippen LogP contribution in [0.4, 0.5) is 0 Å². The molecule has 0 spiro atoms. The van der Waals surface area contributed by atoms with E-state index < -0.39 is 0 Å². The van der Waals surface area contributed by atoms with Crippen LogP contribution < -0.4 is 5.32 Å². The summed E-state index contributed by atoms with van der Waals surface area (Å²) in [6.07, 6.45) is 3.83. The van der Waals surface area contributed by atoms with Crippen LogP contribution in [0.25, 0.3) is 0 Å². The number of carbonyl (C=O) groups is 1. The number of piperidine rings is 1. The van der Waals surface area contributed by atoms with Gasteiger partial charge in [-0.3, -0.25) is 4.79 Å². The Morgan fingerprint density at radius 3 is 3.12 bits per heavy atom. The van der Waals surface area contributed by atoms with Crippen LogP contribution in [0.15, 0.2) is 6.33 Å². The highest BCUT2D eigenvalue weighted by Crippen LogP contribution is 2.24. The van der Waals surface area contributed by atoms with Crippen LogP contribution in [0, 0.1) is 0 Å². The SMILES string of the molecule is CNCC(=O)N1CCCC(c2nncn2C)C1. The zero-order valence-electron chi connectivity index (χ0n) is 10.4. The fraction of sp³-hybridized carbons (Fsp3) is 0.727. The van der Waals surface area contributed by atoms with Gasteiger partial charge in [-0.15, -0.1) is 10.2 Å². The second kappa shape index (κ2) is 5.27. The molecule has 1 atom stereocenters. The Hall–Kier alpha value is -1.43. The molecule has 0 bridgehead atoms. The van der Waals surface area contributed by atoms with Crippen LogP contribution in [0.5, 0.6) is 0 Å². The first-order valence-corrected chi connectivity index (χ1v) is 5.98. The molecule has 2 rings (SSSR count). The molecule has 2 heterocycles. The number of likely N-dealkylation sites (N-methyl/N-ethyl adjacent to an activating group) is 1. The van der Waals surface area contributed by atoms with E-state index in [2.05, 4.69) is 15.5 Å². The Kier molecular flexibility index (Phi) is 3.73. The molecule has 0 aliphatic carbocycles. The minimum Gasteiger partial charge on any atom is -0.341 e. The standard InChI is InChI=1S/C11H19N5O/c1-12-6-10(17)16-5-3-4-9(7-16)11-14-13-8-15(11)2/h8-9,12H,3-7H2,1-2H3. The molecule has 1 aliphatic rings. The van der Waals surface area contributed by atoms with Crippen molar-refractivity contribution < 1.29 is 4.79 Å². The van der Waals surface area contributed by atoms with Crippen LogP contribution in [0.2, 0.25) is 0 Å². The molecule has 1 unspecified atom stereocenters. The number of amides is 1. The van der Waals surface area contributed by atoms with Crippen molar-refractivity contribution in [3.63, 3.8) is 0 Å². The van der Waals surface area contributed by atoms with Gasteiger partial charge in [0.15, 0.2) is 0 Å². The number of carbonyl (C=O) groups excluding carboxylic acids is 1. The van der Waals surface area contributed by atoms with E-state index in [1.807, 2.05) is 16.5 Å². The van der Waals surface area contributed by atoms with Gasteiger partial charge < -0.3 is 14.8 Å². The summed E-state index contributed by atoms with van der Waals surface area (Å²) in [5.41, 5.74) is 0. The number of hydrogen-bond acceptors (Lipinski definition) is 4. The summed E-state index contributed by atoms with van der Waals surface area (Å²) in [4.78, 5) is 13.7. The van der Waals surface area contributed by atoms with Crippen molar-refractivity contribution in [2.75, 3.05) is 26.7 Å². The van der Waals surface area contributed by atoms with Gasteiger partial charge in [0.1, 0.15) is 12.2 Å². The van der Waals surface area contributed by atoms with E-state index in [1.165, 1.54) is 0 Å². The summed E-state index contributed by atoms with van der Waals surface area (Å²) in [6, 6.07) is 0. The van der Waals surface area contributed by atoms with Crippen LogP contribution >= 0.6 is 0 Å². The highest BCUT2D eigenvalue weighted by molar-refractivity contribution is 5.78. The molecule has 1 aromatic rings. The number of nitrogens with one attached hydrogen (secondary N) is 1. The monoisotopic (exact) mass is 237 g/mol. The zero-order chi connectivity index (χ0) is 12.3. The molecule has 94 valence electrons. The van der Waals surface area contributed by atoms with E-state index in [0.29, 0.717) is 12.5 Å². The summed E-state index contributed by atoms with van der Waals surface area (Å²) in [5, 5.41) is 10.9. The average molecular weight is 237 g/mol. The maximum Gasteiger partial charge on any atom is 0.236 e. The van der Waals surface area contributed by atoms with Gasteiger partial charge in [0, 0.05) is 26.1 Å². The third kappa shape index (κ3) is 2.63. The number of likely N-dealkylation sites (tertiary alicyclic amines) is 1. The van der Waals surface area contributed by atoms with E-state index in [-0.39, 0.29) is 5.91 Å². The van der Waals surface area contributed by atoms with Crippen molar-refractivity contribution in [1.82, 2.24) is 25.0 Å². The summed E-state index contributed by atoms with van der Waals surface area (Å²) < 4.78 is 1.94. The molecule has 0 radical (unpaired) electrons. The molecule has 1 N–H and O–H groups in total. The van der Waals surface area contributed by atoms with Crippen LogP contribution in [0.1, 0.15) is 24.6 Å². The lowest BCUT2D eigenvalue weighted by Crippen LogP contribution is -2.43. The van der Waals surface area contributed by atoms with Gasteiger partial charge in [-0.1, -0.05) is 0 Å². The maximum absolute atomic E-state index is 11.8. The van der Waals surface area contributed by atoms with Crippen molar-refractivity contribution in [2.45, 2.75) is 18.8 Å². The van der Waals surface area contributed by atoms with E-state index in [0.717, 1.165) is 31.8 Å². The Balaban J connectivity index is 2.02. The molecule has 1 aromatic heterocycles. The lowest BCUT2D eigenvalue weighted by atomic mass is 9.97. The van der Waals surface area contributed by atoms with Crippen LogP contribution in [0.3, 0.4) is 0 Å². The largest absolute Gasteiger partial charge is 0.341 e. The molecular formula is C11H19N5O. The van der Waals surface area contributed by atoms with Gasteiger partial charge in [0.05, 0.1) is 6.54 Å². The van der Waals surface area contributed by atoms with E-state index in [9.17, 15) is 4.79 Å². The first-order chi connectivity index (χ1) is 8.22. The molecule has 0 saturated carbocycles. The third-order valence-electron chi connectivity index (χ3n) is 3.21. The first kappa shape index (κ1) is 12.0. The molecule has 1 aliphatic heterocycles. The van der Waals surface area contributed by atoms with E-state index in [1.54, 1.807) is 13.4 Å². The van der Waals surface area contributed by atoms with E-state index in [4.69, 9.17) is 0 Å². The van der Waals surface area contributed by atoms with Crippen molar-refractivity contribution in [3.8, 4) is 0 Å². The Morgan fingerprint density at radius 2 is 2.47 bits per heavy atom. The number of nitrogens with zero attached hydrogens (tertiary/aromatic N) is 4. The van der Waals surface area contributed by atoms with Crippen LogP contribution in [-0.2, 0) is 11.8 Å². The fourth-order valence-corrected chi connectivity index (χ4v) is 2.34. The Bertz CT molecular complexity index is 389. The highest BCUT2D eigenvalue weighted by Gasteiger charge is 2.26. The topological polar surface area (TPSA) is 63.1 Å². The maximum atomic E-state index is 11.8. The van der Waals surface area contributed by atoms with Crippen molar-refractivity contribution >= 4 is 5.91 Å². The van der Waals surface area contributed by atoms with Crippen LogP contribution in [-0.4, -0.2) is 52.3 Å². The van der Waals surface area contributed by atoms with Gasteiger partial charge in [-0.05, 0) is 19.9 Å². The molecule has 1 saturated heterocycles. The predicted molar refractivity (Wildman–Crippen MR) is 63.5 cm³/mol. The molecule has 6 nitrogen and oxygen atoms in total. The second-order valence-corrected chi connectivity index (χ2v) is 4.51. The number of hydrogen-bond donors (Lipinski definition) is 1. The van der Waals surface area contributed by atoms with Gasteiger partial charge in [-0.2, -0.15) is 0 Å². The minimum absolute atomic E-state index is 0.166. The van der Waals surface area contributed by atoms with Gasteiger partial charge in [0.2, 0.25) is 5.91 Å². The first-order valence-electron chi connectivity index (χ1n) is 5.98. The number of aryl methyl sites for hydroxylation is 1. The predicted octanol–water partition coefficient (Wildman–Crippen LogP) is -0.259. The fourth-order valence-electron chi connectivity index (χ4n) is 2.34. The van der Waals surface area contributed by atoms with Crippen molar-refractivity contribution in [2.24, 2.45) is 7.05 Å². The third-order valence-corrected chi connectivity index (χ3v) is 3.21. The quantitative estimate of drug-likeness (QED) is 0.787. The number of rotatable bonds is 3. The van der Waals surface area contributed by atoms with Crippen molar-refractivity contribution in [3.05, 3.63) is 12.2 Å². The summed E-state index contributed by atoms with van der Waals surface area (Å²) in [5.74, 6) is 1.46. The molecule has 6 heteroatoms. The lowest BCUT2D eigenvalue weighted by molar-refractivity contribution is -0.131. The normalized spacial score (nSPS) is 20.6. The molecular weight excluding hydrogens is 218 g/mol. The highest BCUT2D eigenvalue weighted by atomic mass is 16.2. The Morgan fingerprint density at radius 1 is 1.65 bits per heavy atom. The van der Waals surface area contributed by atoms with Gasteiger partial charge in [0.25, 0.3) is 0 Å². The smallest absolute Gasteiger partial charge is 0.236 e. The van der Waals surface area contributed by atoms with E-state index >= 15 is 0 Å². The molecule has 1 fully saturated rings. The zero-order valence-corrected chi connectivity index (χ0v) is 10.4. The molecule has 17 heavy (non-hydrogen) atoms. The minimum atomic E-state index is 0.166. The van der Waals surface area contributed by atoms with Gasteiger partial charge in [-0.25, -0.2) is 0 Å². The molecule has 1 amide bonds. The molecule has 0 aromatic carbocycles. The van der Waals surface area contributed by atoms with Crippen molar-refractivity contribution in [1.29, 1.82) is 0 Å². The lowest BCUT2D eigenvalue weighted by Gasteiger charge is -2.32. The summed E-state index contributed by atoms with van der Waals surface area (Å²) >= 11 is 0. The second-order valence-electron chi connectivity index (χ2n) is 4.51. The summed E-state index contributed by atoms with van der Waals surface area (Å²) in [6.45, 7) is 2.02. The average Bonchev–Trinajstić information content (AvgIpc) is 2.76. The Labute approximate surface area is 101 Å². The summed E-state index contributed by atoms with van der Waals surface area (Å²) in [7, 11) is 3.74. The van der Waals surface area contributed by atoms with Gasteiger partial charge >= 0.3 is 0 Å².